The van der Waals surface area contributed by atoms with Gasteiger partial charge in [0.1, 0.15) is 0 Å². The van der Waals surface area contributed by atoms with E-state index in [1.165, 1.54) is 12.8 Å². The highest BCUT2D eigenvalue weighted by Crippen LogP contribution is 2.27. The average Bonchev–Trinajstić information content (AvgIpc) is 2.29. The van der Waals surface area contributed by atoms with Gasteiger partial charge in [0.25, 0.3) is 0 Å². The summed E-state index contributed by atoms with van der Waals surface area (Å²) < 4.78 is 1.03. The first-order valence-electron chi connectivity index (χ1n) is 5.74. The van der Waals surface area contributed by atoms with Crippen LogP contribution in [-0.2, 0) is 0 Å². The Labute approximate surface area is 105 Å². The molecule has 0 bridgehead atoms. The molecule has 4 heteroatoms. The lowest BCUT2D eigenvalue weighted by Gasteiger charge is -2.34. The van der Waals surface area contributed by atoms with E-state index in [-0.39, 0.29) is 0 Å². The van der Waals surface area contributed by atoms with Crippen molar-refractivity contribution in [3.8, 4) is 0 Å². The van der Waals surface area contributed by atoms with E-state index >= 15 is 0 Å². The Morgan fingerprint density at radius 3 is 3.19 bits per heavy atom. The van der Waals surface area contributed by atoms with Crippen LogP contribution in [0, 0.1) is 5.41 Å². The summed E-state index contributed by atoms with van der Waals surface area (Å²) in [6.45, 7) is 5.60. The molecule has 2 N–H and O–H groups in total. The van der Waals surface area contributed by atoms with E-state index in [1.54, 1.807) is 0 Å². The zero-order valence-electron chi connectivity index (χ0n) is 9.59. The maximum atomic E-state index is 4.06. The summed E-state index contributed by atoms with van der Waals surface area (Å²) in [5, 5.41) is 6.96. The predicted molar refractivity (Wildman–Crippen MR) is 70.6 cm³/mol. The predicted octanol–water partition coefficient (Wildman–Crippen LogP) is 2.65. The molecule has 1 aliphatic heterocycles. The van der Waals surface area contributed by atoms with Gasteiger partial charge in [-0.15, -0.1) is 0 Å². The molecule has 0 radical (unpaired) electrons. The minimum Gasteiger partial charge on any atom is -0.383 e. The molecule has 1 saturated heterocycles. The summed E-state index contributed by atoms with van der Waals surface area (Å²) in [6, 6.07) is 2.00. The molecule has 1 aliphatic rings. The quantitative estimate of drug-likeness (QED) is 0.896. The molecule has 0 spiro atoms. The fourth-order valence-corrected chi connectivity index (χ4v) is 2.49. The molecular weight excluding hydrogens is 266 g/mol. The van der Waals surface area contributed by atoms with Crippen molar-refractivity contribution in [1.29, 1.82) is 0 Å². The van der Waals surface area contributed by atoms with Crippen LogP contribution in [0.4, 0.5) is 5.69 Å². The van der Waals surface area contributed by atoms with E-state index < -0.39 is 0 Å². The number of pyridine rings is 1. The molecule has 3 nitrogen and oxygen atoms in total. The van der Waals surface area contributed by atoms with E-state index in [2.05, 4.69) is 38.5 Å². The van der Waals surface area contributed by atoms with Gasteiger partial charge in [-0.05, 0) is 46.8 Å². The Hall–Kier alpha value is -0.610. The van der Waals surface area contributed by atoms with Crippen LogP contribution < -0.4 is 10.6 Å². The highest BCUT2D eigenvalue weighted by Gasteiger charge is 2.26. The van der Waals surface area contributed by atoms with Crippen LogP contribution in [0.1, 0.15) is 19.8 Å². The van der Waals surface area contributed by atoms with E-state index in [1.807, 2.05) is 18.5 Å². The molecule has 1 aromatic rings. The number of piperidine rings is 1. The maximum absolute atomic E-state index is 4.06. The molecule has 1 fully saturated rings. The van der Waals surface area contributed by atoms with Crippen LogP contribution in [0.5, 0.6) is 0 Å². The van der Waals surface area contributed by atoms with Gasteiger partial charge in [-0.3, -0.25) is 4.98 Å². The van der Waals surface area contributed by atoms with Crippen molar-refractivity contribution >= 4 is 21.6 Å². The maximum Gasteiger partial charge on any atom is 0.0590 e. The lowest BCUT2D eigenvalue weighted by atomic mass is 9.83. The Bertz CT molecular complexity index is 348. The standard InChI is InChI=1S/C12H18BrN3/c1-12(4-2-5-15-8-12)9-16-11-3-6-14-7-10(11)13/h3,6-7,15H,2,4-5,8-9H2,1H3,(H,14,16). The van der Waals surface area contributed by atoms with Gasteiger partial charge in [-0.2, -0.15) is 0 Å². The molecule has 0 aromatic carbocycles. The van der Waals surface area contributed by atoms with Crippen LogP contribution in [-0.4, -0.2) is 24.6 Å². The third-order valence-corrected chi connectivity index (χ3v) is 3.80. The molecule has 0 amide bonds. The van der Waals surface area contributed by atoms with Crippen LogP contribution in [0.15, 0.2) is 22.9 Å². The summed E-state index contributed by atoms with van der Waals surface area (Å²) in [7, 11) is 0. The topological polar surface area (TPSA) is 37.0 Å². The Morgan fingerprint density at radius 2 is 2.50 bits per heavy atom. The number of aromatic nitrogens is 1. The SMILES string of the molecule is CC1(CNc2ccncc2Br)CCCNC1. The van der Waals surface area contributed by atoms with Crippen molar-refractivity contribution in [2.45, 2.75) is 19.8 Å². The minimum absolute atomic E-state index is 0.362. The van der Waals surface area contributed by atoms with Crippen LogP contribution >= 0.6 is 15.9 Å². The lowest BCUT2D eigenvalue weighted by Crippen LogP contribution is -2.42. The van der Waals surface area contributed by atoms with Crippen LogP contribution in [0.3, 0.4) is 0 Å². The van der Waals surface area contributed by atoms with Crippen molar-refractivity contribution in [2.24, 2.45) is 5.41 Å². The smallest absolute Gasteiger partial charge is 0.0590 e. The fraction of sp³-hybridized carbons (Fsp3) is 0.583. The largest absolute Gasteiger partial charge is 0.383 e. The van der Waals surface area contributed by atoms with Gasteiger partial charge in [-0.1, -0.05) is 6.92 Å². The van der Waals surface area contributed by atoms with Gasteiger partial charge in [0.2, 0.25) is 0 Å². The second-order valence-corrected chi connectivity index (χ2v) is 5.65. The Kier molecular flexibility index (Phi) is 3.82. The van der Waals surface area contributed by atoms with Crippen molar-refractivity contribution in [3.63, 3.8) is 0 Å². The summed E-state index contributed by atoms with van der Waals surface area (Å²) in [5.74, 6) is 0. The molecule has 2 rings (SSSR count). The minimum atomic E-state index is 0.362. The number of rotatable bonds is 3. The molecule has 1 aromatic heterocycles. The molecule has 0 saturated carbocycles. The number of halogens is 1. The molecule has 1 unspecified atom stereocenters. The Balaban J connectivity index is 1.94. The van der Waals surface area contributed by atoms with Gasteiger partial charge >= 0.3 is 0 Å². The molecule has 88 valence electrons. The summed E-state index contributed by atoms with van der Waals surface area (Å²) in [5.41, 5.74) is 1.49. The van der Waals surface area contributed by atoms with Crippen LogP contribution in [0.2, 0.25) is 0 Å². The van der Waals surface area contributed by atoms with Gasteiger partial charge in [0.15, 0.2) is 0 Å². The van der Waals surface area contributed by atoms with Gasteiger partial charge in [0, 0.05) is 25.5 Å². The molecule has 2 heterocycles. The van der Waals surface area contributed by atoms with E-state index in [0.29, 0.717) is 5.41 Å². The summed E-state index contributed by atoms with van der Waals surface area (Å²) in [4.78, 5) is 4.06. The Morgan fingerprint density at radius 1 is 1.62 bits per heavy atom. The van der Waals surface area contributed by atoms with E-state index in [4.69, 9.17) is 0 Å². The van der Waals surface area contributed by atoms with Crippen molar-refractivity contribution in [1.82, 2.24) is 10.3 Å². The fourth-order valence-electron chi connectivity index (χ4n) is 2.10. The number of anilines is 1. The number of nitrogens with one attached hydrogen (secondary N) is 2. The van der Waals surface area contributed by atoms with Crippen molar-refractivity contribution < 1.29 is 0 Å². The molecule has 1 atom stereocenters. The summed E-state index contributed by atoms with van der Waals surface area (Å²) in [6.07, 6.45) is 6.20. The first-order valence-corrected chi connectivity index (χ1v) is 6.53. The van der Waals surface area contributed by atoms with Crippen molar-refractivity contribution in [3.05, 3.63) is 22.9 Å². The molecule has 16 heavy (non-hydrogen) atoms. The number of nitrogens with zero attached hydrogens (tertiary/aromatic N) is 1. The van der Waals surface area contributed by atoms with E-state index in [0.717, 1.165) is 29.8 Å². The summed E-state index contributed by atoms with van der Waals surface area (Å²) >= 11 is 3.50. The lowest BCUT2D eigenvalue weighted by molar-refractivity contribution is 0.253. The van der Waals surface area contributed by atoms with Gasteiger partial charge < -0.3 is 10.6 Å². The average molecular weight is 284 g/mol. The normalized spacial score (nSPS) is 25.4. The second-order valence-electron chi connectivity index (χ2n) is 4.80. The number of hydrogen-bond acceptors (Lipinski definition) is 3. The highest BCUT2D eigenvalue weighted by molar-refractivity contribution is 9.10. The third kappa shape index (κ3) is 2.95. The zero-order valence-corrected chi connectivity index (χ0v) is 11.2. The van der Waals surface area contributed by atoms with E-state index in [9.17, 15) is 0 Å². The van der Waals surface area contributed by atoms with Crippen LogP contribution in [0.25, 0.3) is 0 Å². The number of hydrogen-bond donors (Lipinski definition) is 2. The van der Waals surface area contributed by atoms with Gasteiger partial charge in [-0.25, -0.2) is 0 Å². The first-order chi connectivity index (χ1) is 7.70. The first kappa shape index (κ1) is 11.9. The third-order valence-electron chi connectivity index (χ3n) is 3.16. The molecular formula is C12H18BrN3. The van der Waals surface area contributed by atoms with Gasteiger partial charge in [0.05, 0.1) is 10.2 Å². The monoisotopic (exact) mass is 283 g/mol. The zero-order chi connectivity index (χ0) is 11.4. The second kappa shape index (κ2) is 5.15. The highest BCUT2D eigenvalue weighted by atomic mass is 79.9. The molecule has 0 aliphatic carbocycles. The van der Waals surface area contributed by atoms with Crippen molar-refractivity contribution in [2.75, 3.05) is 25.0 Å².